The molecule has 0 radical (unpaired) electrons. The molecule has 0 saturated heterocycles. The van der Waals surface area contributed by atoms with E-state index < -0.39 is 0 Å². The number of allylic oxidation sites excluding steroid dienone is 5. The molecular weight excluding hydrogens is 540 g/mol. The zero-order valence-electron chi connectivity index (χ0n) is 20.9. The van der Waals surface area contributed by atoms with Crippen molar-refractivity contribution in [3.63, 3.8) is 0 Å². The highest BCUT2D eigenvalue weighted by Gasteiger charge is 2.16. The van der Waals surface area contributed by atoms with Crippen molar-refractivity contribution in [3.8, 4) is 24.1 Å². The van der Waals surface area contributed by atoms with Crippen molar-refractivity contribution in [2.75, 3.05) is 5.32 Å². The summed E-state index contributed by atoms with van der Waals surface area (Å²) in [6.07, 6.45) is 16.4. The monoisotopic (exact) mass is 568 g/mol. The Kier molecular flexibility index (Phi) is 10.2. The van der Waals surface area contributed by atoms with E-state index in [4.69, 9.17) is 0 Å². The molecule has 5 heteroatoms. The molecule has 4 aromatic rings. The lowest BCUT2D eigenvalue weighted by Gasteiger charge is -2.17. The molecule has 0 fully saturated rings. The summed E-state index contributed by atoms with van der Waals surface area (Å²) in [5.74, 6) is 0.339. The van der Waals surface area contributed by atoms with E-state index in [1.165, 1.54) is 40.2 Å². The zero-order valence-corrected chi connectivity index (χ0v) is 23.3. The minimum absolute atomic E-state index is 0.0983. The average Bonchev–Trinajstić information content (AvgIpc) is 3.40. The Labute approximate surface area is 231 Å². The third kappa shape index (κ3) is 7.16. The summed E-state index contributed by atoms with van der Waals surface area (Å²) in [7, 11) is 0. The zero-order chi connectivity index (χ0) is 26.8. The van der Waals surface area contributed by atoms with Gasteiger partial charge in [-0.15, -0.1) is 24.2 Å². The Hall–Kier alpha value is -3.72. The van der Waals surface area contributed by atoms with Crippen LogP contribution >= 0.6 is 27.3 Å². The van der Waals surface area contributed by atoms with Crippen LogP contribution in [0.25, 0.3) is 22.0 Å². The number of hydrogen-bond acceptors (Lipinski definition) is 3. The van der Waals surface area contributed by atoms with Crippen LogP contribution < -0.4 is 5.32 Å². The molecular formula is C32H29BrN2OS. The number of thiazole rings is 1. The van der Waals surface area contributed by atoms with Gasteiger partial charge in [0.2, 0.25) is 5.91 Å². The van der Waals surface area contributed by atoms with E-state index in [2.05, 4.69) is 125 Å². The Bertz CT molecular complexity index is 1460. The molecule has 5 rings (SSSR count). The molecule has 2 unspecified atom stereocenters. The number of benzene rings is 3. The lowest BCUT2D eigenvalue weighted by atomic mass is 9.92. The maximum absolute atomic E-state index is 11.0. The lowest BCUT2D eigenvalue weighted by molar-refractivity contribution is -0.114. The highest BCUT2D eigenvalue weighted by Crippen LogP contribution is 2.36. The van der Waals surface area contributed by atoms with E-state index in [1.54, 1.807) is 0 Å². The number of amides is 1. The number of fused-ring (bicyclic) bond motifs is 2. The van der Waals surface area contributed by atoms with Crippen molar-refractivity contribution in [1.29, 1.82) is 0 Å². The second-order valence-electron chi connectivity index (χ2n) is 8.34. The molecule has 1 heterocycles. The van der Waals surface area contributed by atoms with Crippen LogP contribution in [0.4, 0.5) is 5.13 Å². The van der Waals surface area contributed by atoms with Gasteiger partial charge in [0.15, 0.2) is 5.13 Å². The van der Waals surface area contributed by atoms with Crippen molar-refractivity contribution in [2.45, 2.75) is 24.6 Å². The van der Waals surface area contributed by atoms with Gasteiger partial charge in [0.05, 0.1) is 10.5 Å². The summed E-state index contributed by atoms with van der Waals surface area (Å²) in [5.41, 5.74) is 5.75. The van der Waals surface area contributed by atoms with E-state index in [9.17, 15) is 4.79 Å². The van der Waals surface area contributed by atoms with Crippen LogP contribution in [0.15, 0.2) is 109 Å². The summed E-state index contributed by atoms with van der Waals surface area (Å²) >= 11 is 5.16. The average molecular weight is 570 g/mol. The number of carbonyl (C=O) groups excluding carboxylic acids is 1. The Morgan fingerprint density at radius 1 is 1.00 bits per heavy atom. The first kappa shape index (κ1) is 27.9. The van der Waals surface area contributed by atoms with Crippen LogP contribution in [-0.4, -0.2) is 10.9 Å². The predicted octanol–water partition coefficient (Wildman–Crippen LogP) is 9.08. The van der Waals surface area contributed by atoms with Crippen molar-refractivity contribution < 1.29 is 4.79 Å². The van der Waals surface area contributed by atoms with Gasteiger partial charge in [0.1, 0.15) is 0 Å². The Balaban J connectivity index is 0.000000195. The number of rotatable bonds is 2. The minimum atomic E-state index is -0.0983. The second kappa shape index (κ2) is 13.5. The number of halogens is 1. The standard InChI is InChI=1S/C15H15Br.C15H12N2OS.C2H2/c1-11-7-3-4-8-12(2)15(16)14-10-6-5-9-13(11)14;1-10(18)16-15-17-14(9-19-15)13-8-4-6-11-5-2-3-7-12(11)13;1-2/h3-11,15H,2H2,1H3;2-9H,1H3,(H,16,17,18);1-2H/b7-3-,8-4-;;. The number of hydrogen-bond donors (Lipinski definition) is 1. The third-order valence-electron chi connectivity index (χ3n) is 5.76. The first-order valence-corrected chi connectivity index (χ1v) is 13.5. The Morgan fingerprint density at radius 3 is 2.43 bits per heavy atom. The number of nitrogens with zero attached hydrogens (tertiary/aromatic N) is 1. The van der Waals surface area contributed by atoms with E-state index >= 15 is 0 Å². The maximum atomic E-state index is 11.0. The van der Waals surface area contributed by atoms with Gasteiger partial charge in [-0.1, -0.05) is 120 Å². The van der Waals surface area contributed by atoms with E-state index in [1.807, 2.05) is 23.6 Å². The highest BCUT2D eigenvalue weighted by atomic mass is 79.9. The van der Waals surface area contributed by atoms with Crippen molar-refractivity contribution in [1.82, 2.24) is 4.98 Å². The van der Waals surface area contributed by atoms with Crippen molar-refractivity contribution in [2.24, 2.45) is 0 Å². The topological polar surface area (TPSA) is 42.0 Å². The Morgan fingerprint density at radius 2 is 1.68 bits per heavy atom. The first-order chi connectivity index (χ1) is 17.9. The largest absolute Gasteiger partial charge is 0.302 e. The molecule has 1 N–H and O–H groups in total. The third-order valence-corrected chi connectivity index (χ3v) is 7.60. The quantitative estimate of drug-likeness (QED) is 0.193. The molecule has 0 bridgehead atoms. The van der Waals surface area contributed by atoms with Crippen molar-refractivity contribution >= 4 is 49.1 Å². The summed E-state index contributed by atoms with van der Waals surface area (Å²) < 4.78 is 0. The van der Waals surface area contributed by atoms with Gasteiger partial charge in [-0.3, -0.25) is 4.79 Å². The van der Waals surface area contributed by atoms with Gasteiger partial charge in [-0.25, -0.2) is 4.98 Å². The van der Waals surface area contributed by atoms with Crippen LogP contribution in [0.2, 0.25) is 0 Å². The summed E-state index contributed by atoms with van der Waals surface area (Å²) in [6, 6.07) is 22.9. The fourth-order valence-electron chi connectivity index (χ4n) is 4.01. The van der Waals surface area contributed by atoms with E-state index in [0.717, 1.165) is 16.8 Å². The van der Waals surface area contributed by atoms with Crippen molar-refractivity contribution in [3.05, 3.63) is 120 Å². The maximum Gasteiger partial charge on any atom is 0.223 e. The lowest BCUT2D eigenvalue weighted by Crippen LogP contribution is -2.04. The minimum Gasteiger partial charge on any atom is -0.302 e. The number of terminal acetylenes is 1. The van der Waals surface area contributed by atoms with E-state index in [0.29, 0.717) is 11.0 Å². The predicted molar refractivity (Wildman–Crippen MR) is 163 cm³/mol. The fraction of sp³-hybridized carbons (Fsp3) is 0.125. The van der Waals surface area contributed by atoms with Gasteiger partial charge in [-0.2, -0.15) is 0 Å². The molecule has 1 aromatic heterocycles. The smallest absolute Gasteiger partial charge is 0.223 e. The van der Waals surface area contributed by atoms with Crippen LogP contribution in [0.5, 0.6) is 0 Å². The molecule has 1 aliphatic carbocycles. The molecule has 0 spiro atoms. The molecule has 1 amide bonds. The van der Waals surface area contributed by atoms with Gasteiger partial charge in [0, 0.05) is 17.9 Å². The molecule has 3 aromatic carbocycles. The number of aromatic nitrogens is 1. The van der Waals surface area contributed by atoms with Gasteiger partial charge < -0.3 is 5.32 Å². The van der Waals surface area contributed by atoms with Gasteiger partial charge in [0.25, 0.3) is 0 Å². The molecule has 37 heavy (non-hydrogen) atoms. The summed E-state index contributed by atoms with van der Waals surface area (Å²) in [4.78, 5) is 15.7. The highest BCUT2D eigenvalue weighted by molar-refractivity contribution is 9.09. The van der Waals surface area contributed by atoms with Crippen LogP contribution in [0.1, 0.15) is 35.7 Å². The molecule has 3 nitrogen and oxygen atoms in total. The van der Waals surface area contributed by atoms with Gasteiger partial charge >= 0.3 is 0 Å². The fourth-order valence-corrected chi connectivity index (χ4v) is 5.33. The summed E-state index contributed by atoms with van der Waals surface area (Å²) in [6.45, 7) is 7.80. The molecule has 2 atom stereocenters. The number of anilines is 1. The number of nitrogens with one attached hydrogen (secondary N) is 1. The van der Waals surface area contributed by atoms with Crippen LogP contribution in [-0.2, 0) is 4.79 Å². The normalized spacial score (nSPS) is 17.8. The van der Waals surface area contributed by atoms with E-state index in [-0.39, 0.29) is 10.7 Å². The summed E-state index contributed by atoms with van der Waals surface area (Å²) in [5, 5.41) is 7.67. The van der Waals surface area contributed by atoms with Crippen LogP contribution in [0.3, 0.4) is 0 Å². The van der Waals surface area contributed by atoms with Gasteiger partial charge in [-0.05, 0) is 33.4 Å². The van der Waals surface area contributed by atoms with Crippen LogP contribution in [0, 0.1) is 12.8 Å². The number of alkyl halides is 1. The second-order valence-corrected chi connectivity index (χ2v) is 10.1. The SMILES string of the molecule is C#C.C=C1/C=C\C=C/C(C)c2ccccc2C1Br.CC(=O)Nc1nc(-c2cccc3ccccc23)cs1. The first-order valence-electron chi connectivity index (χ1n) is 11.7. The molecule has 186 valence electrons. The molecule has 0 aliphatic heterocycles. The molecule has 1 aliphatic rings. The number of carbonyl (C=O) groups is 1. The molecule has 0 saturated carbocycles.